The van der Waals surface area contributed by atoms with Gasteiger partial charge in [-0.1, -0.05) is 38.8 Å². The molecule has 0 aliphatic carbocycles. The lowest BCUT2D eigenvalue weighted by Gasteiger charge is -2.16. The standard InChI is InChI=1S/C22H28N2O6/c1-3-5-11-29-20-15-24(30-12-6-4-2)18(13-19(20)25)21(26)23-14-16-7-9-17(10-8-16)22(27)28/h7-10,13,15H,3-6,11-12,14H2,1-2H3,(H,23,26)(H,27,28). The van der Waals surface area contributed by atoms with Crippen LogP contribution in [0.2, 0.25) is 0 Å². The van der Waals surface area contributed by atoms with E-state index in [1.165, 1.54) is 29.1 Å². The lowest BCUT2D eigenvalue weighted by Crippen LogP contribution is -2.31. The van der Waals surface area contributed by atoms with Crippen LogP contribution in [0.1, 0.15) is 65.9 Å². The van der Waals surface area contributed by atoms with Crippen LogP contribution >= 0.6 is 0 Å². The van der Waals surface area contributed by atoms with E-state index < -0.39 is 17.3 Å². The number of carbonyl (C=O) groups excluding carboxylic acids is 1. The number of ether oxygens (including phenoxy) is 1. The number of nitrogens with zero attached hydrogens (tertiary/aromatic N) is 1. The van der Waals surface area contributed by atoms with Gasteiger partial charge >= 0.3 is 5.97 Å². The molecule has 1 amide bonds. The molecule has 8 heteroatoms. The molecule has 0 fully saturated rings. The van der Waals surface area contributed by atoms with Gasteiger partial charge in [0.25, 0.3) is 5.91 Å². The van der Waals surface area contributed by atoms with Crippen molar-refractivity contribution in [3.8, 4) is 5.75 Å². The molecular weight excluding hydrogens is 388 g/mol. The van der Waals surface area contributed by atoms with E-state index in [1.807, 2.05) is 13.8 Å². The lowest BCUT2D eigenvalue weighted by molar-refractivity contribution is 0.0695. The minimum Gasteiger partial charge on any atom is -0.488 e. The van der Waals surface area contributed by atoms with Gasteiger partial charge in [-0.05, 0) is 30.5 Å². The van der Waals surface area contributed by atoms with E-state index >= 15 is 0 Å². The van der Waals surface area contributed by atoms with Crippen molar-refractivity contribution in [2.75, 3.05) is 13.2 Å². The summed E-state index contributed by atoms with van der Waals surface area (Å²) in [6.45, 7) is 5.04. The number of carboxylic acid groups (broad SMARTS) is 1. The number of benzene rings is 1. The smallest absolute Gasteiger partial charge is 0.335 e. The van der Waals surface area contributed by atoms with Crippen LogP contribution < -0.4 is 20.3 Å². The second-order valence-electron chi connectivity index (χ2n) is 6.79. The average Bonchev–Trinajstić information content (AvgIpc) is 2.74. The van der Waals surface area contributed by atoms with Gasteiger partial charge in [-0.25, -0.2) is 4.79 Å². The topological polar surface area (TPSA) is 107 Å². The Labute approximate surface area is 175 Å². The molecule has 162 valence electrons. The molecule has 0 spiro atoms. The maximum absolute atomic E-state index is 12.7. The Morgan fingerprint density at radius 3 is 2.37 bits per heavy atom. The first-order valence-corrected chi connectivity index (χ1v) is 10.1. The maximum Gasteiger partial charge on any atom is 0.335 e. The third-order valence-corrected chi connectivity index (χ3v) is 4.35. The van der Waals surface area contributed by atoms with E-state index in [0.717, 1.165) is 31.2 Å². The summed E-state index contributed by atoms with van der Waals surface area (Å²) in [6.07, 6.45) is 4.89. The average molecular weight is 416 g/mol. The summed E-state index contributed by atoms with van der Waals surface area (Å²) in [5.41, 5.74) is 0.578. The molecular formula is C22H28N2O6. The largest absolute Gasteiger partial charge is 0.488 e. The molecule has 1 aromatic heterocycles. The number of nitrogens with one attached hydrogen (secondary N) is 1. The number of amides is 1. The minimum atomic E-state index is -1.01. The van der Waals surface area contributed by atoms with Crippen molar-refractivity contribution >= 4 is 11.9 Å². The fourth-order valence-corrected chi connectivity index (χ4v) is 2.55. The molecule has 0 saturated heterocycles. The number of aromatic nitrogens is 1. The first kappa shape index (κ1) is 23.0. The summed E-state index contributed by atoms with van der Waals surface area (Å²) >= 11 is 0. The highest BCUT2D eigenvalue weighted by atomic mass is 16.7. The second kappa shape index (κ2) is 11.6. The van der Waals surface area contributed by atoms with E-state index in [-0.39, 0.29) is 23.6 Å². The van der Waals surface area contributed by atoms with Crippen LogP contribution in [0, 0.1) is 0 Å². The van der Waals surface area contributed by atoms with Gasteiger partial charge in [-0.2, -0.15) is 4.73 Å². The van der Waals surface area contributed by atoms with Gasteiger partial charge in [0.05, 0.1) is 18.4 Å². The summed E-state index contributed by atoms with van der Waals surface area (Å²) in [4.78, 5) is 41.6. The molecule has 0 saturated carbocycles. The Morgan fingerprint density at radius 1 is 1.07 bits per heavy atom. The Morgan fingerprint density at radius 2 is 1.73 bits per heavy atom. The summed E-state index contributed by atoms with van der Waals surface area (Å²) in [6, 6.07) is 7.39. The third-order valence-electron chi connectivity index (χ3n) is 4.35. The van der Waals surface area contributed by atoms with E-state index in [1.54, 1.807) is 12.1 Å². The Balaban J connectivity index is 2.15. The molecule has 2 N–H and O–H groups in total. The summed E-state index contributed by atoms with van der Waals surface area (Å²) in [5, 5.41) is 11.7. The van der Waals surface area contributed by atoms with Crippen molar-refractivity contribution in [1.29, 1.82) is 0 Å². The lowest BCUT2D eigenvalue weighted by atomic mass is 10.1. The summed E-state index contributed by atoms with van der Waals surface area (Å²) in [5.74, 6) is -1.35. The fraction of sp³-hybridized carbons (Fsp3) is 0.409. The van der Waals surface area contributed by atoms with Crippen molar-refractivity contribution in [2.45, 2.75) is 46.1 Å². The van der Waals surface area contributed by atoms with Gasteiger partial charge in [0, 0.05) is 12.6 Å². The molecule has 0 aliphatic heterocycles. The number of carbonyl (C=O) groups is 2. The number of hydrogen-bond donors (Lipinski definition) is 2. The number of unbranched alkanes of at least 4 members (excludes halogenated alkanes) is 2. The molecule has 0 unspecified atom stereocenters. The normalized spacial score (nSPS) is 10.5. The Kier molecular flexibility index (Phi) is 8.93. The molecule has 0 aliphatic rings. The monoisotopic (exact) mass is 416 g/mol. The van der Waals surface area contributed by atoms with Crippen molar-refractivity contribution < 1.29 is 24.3 Å². The van der Waals surface area contributed by atoms with Crippen molar-refractivity contribution in [3.63, 3.8) is 0 Å². The van der Waals surface area contributed by atoms with Crippen LogP contribution in [0.25, 0.3) is 0 Å². The highest BCUT2D eigenvalue weighted by Crippen LogP contribution is 2.09. The van der Waals surface area contributed by atoms with Crippen LogP contribution in [0.4, 0.5) is 0 Å². The maximum atomic E-state index is 12.7. The van der Waals surface area contributed by atoms with E-state index in [4.69, 9.17) is 14.7 Å². The first-order chi connectivity index (χ1) is 14.5. The van der Waals surface area contributed by atoms with Gasteiger partial charge in [-0.3, -0.25) is 9.59 Å². The van der Waals surface area contributed by atoms with E-state index in [0.29, 0.717) is 13.2 Å². The van der Waals surface area contributed by atoms with Gasteiger partial charge < -0.3 is 20.0 Å². The molecule has 1 aromatic carbocycles. The van der Waals surface area contributed by atoms with Crippen LogP contribution in [0.15, 0.2) is 41.3 Å². The SMILES string of the molecule is CCCCOc1cn(OCCCC)c(C(=O)NCc2ccc(C(=O)O)cc2)cc1=O. The molecule has 1 heterocycles. The molecule has 30 heavy (non-hydrogen) atoms. The van der Waals surface area contributed by atoms with Crippen LogP contribution in [-0.2, 0) is 6.54 Å². The number of hydrogen-bond acceptors (Lipinski definition) is 5. The number of rotatable bonds is 12. The molecule has 0 radical (unpaired) electrons. The van der Waals surface area contributed by atoms with Gasteiger partial charge in [-0.15, -0.1) is 0 Å². The highest BCUT2D eigenvalue weighted by molar-refractivity contribution is 5.92. The molecule has 2 rings (SSSR count). The van der Waals surface area contributed by atoms with Crippen molar-refractivity contribution in [3.05, 3.63) is 63.6 Å². The predicted octanol–water partition coefficient (Wildman–Crippen LogP) is 2.88. The van der Waals surface area contributed by atoms with Gasteiger partial charge in [0.2, 0.25) is 5.43 Å². The summed E-state index contributed by atoms with van der Waals surface area (Å²) in [7, 11) is 0. The van der Waals surface area contributed by atoms with Crippen molar-refractivity contribution in [1.82, 2.24) is 10.0 Å². The van der Waals surface area contributed by atoms with Gasteiger partial charge in [0.15, 0.2) is 5.75 Å². The van der Waals surface area contributed by atoms with Crippen LogP contribution in [0.3, 0.4) is 0 Å². The molecule has 8 nitrogen and oxygen atoms in total. The van der Waals surface area contributed by atoms with E-state index in [9.17, 15) is 14.4 Å². The van der Waals surface area contributed by atoms with Gasteiger partial charge in [0.1, 0.15) is 12.3 Å². The highest BCUT2D eigenvalue weighted by Gasteiger charge is 2.16. The zero-order valence-corrected chi connectivity index (χ0v) is 17.3. The first-order valence-electron chi connectivity index (χ1n) is 10.1. The zero-order valence-electron chi connectivity index (χ0n) is 17.3. The summed E-state index contributed by atoms with van der Waals surface area (Å²) < 4.78 is 6.80. The van der Waals surface area contributed by atoms with Crippen LogP contribution in [-0.4, -0.2) is 34.9 Å². The second-order valence-corrected chi connectivity index (χ2v) is 6.79. The quantitative estimate of drug-likeness (QED) is 0.515. The predicted molar refractivity (Wildman–Crippen MR) is 112 cm³/mol. The third kappa shape index (κ3) is 6.65. The number of carboxylic acids is 1. The number of pyridine rings is 1. The molecule has 0 atom stereocenters. The fourth-order valence-electron chi connectivity index (χ4n) is 2.55. The Hall–Kier alpha value is -3.29. The van der Waals surface area contributed by atoms with E-state index in [2.05, 4.69) is 5.32 Å². The van der Waals surface area contributed by atoms with Crippen molar-refractivity contribution in [2.24, 2.45) is 0 Å². The Bertz CT molecular complexity index is 905. The van der Waals surface area contributed by atoms with Crippen LogP contribution in [0.5, 0.6) is 5.75 Å². The molecule has 2 aromatic rings. The minimum absolute atomic E-state index is 0.0705. The number of aromatic carboxylic acids is 1. The molecule has 0 bridgehead atoms. The zero-order chi connectivity index (χ0) is 21.9.